The molecule has 2 aromatic rings. The predicted octanol–water partition coefficient (Wildman–Crippen LogP) is 3.27. The van der Waals surface area contributed by atoms with Crippen LogP contribution in [0.25, 0.3) is 0 Å². The maximum atomic E-state index is 12.1. The van der Waals surface area contributed by atoms with Crippen LogP contribution in [0.5, 0.6) is 0 Å². The van der Waals surface area contributed by atoms with Crippen molar-refractivity contribution >= 4 is 34.7 Å². The van der Waals surface area contributed by atoms with E-state index < -0.39 is 0 Å². The third kappa shape index (κ3) is 3.78. The van der Waals surface area contributed by atoms with Gasteiger partial charge in [-0.25, -0.2) is 0 Å². The van der Waals surface area contributed by atoms with E-state index in [2.05, 4.69) is 15.5 Å². The summed E-state index contributed by atoms with van der Waals surface area (Å²) in [7, 11) is 0. The summed E-state index contributed by atoms with van der Waals surface area (Å²) >= 11 is 2.86. The lowest BCUT2D eigenvalue weighted by molar-refractivity contribution is -0.115. The van der Waals surface area contributed by atoms with Gasteiger partial charge in [0.25, 0.3) is 0 Å². The highest BCUT2D eigenvalue weighted by atomic mass is 32.2. The quantitative estimate of drug-likeness (QED) is 0.879. The molecule has 1 atom stereocenters. The Bertz CT molecular complexity index is 569. The Balaban J connectivity index is 2.02. The monoisotopic (exact) mass is 293 g/mol. The Morgan fingerprint density at radius 3 is 2.89 bits per heavy atom. The van der Waals surface area contributed by atoms with Crippen molar-refractivity contribution in [1.29, 1.82) is 0 Å². The van der Waals surface area contributed by atoms with E-state index in [1.165, 1.54) is 23.1 Å². The summed E-state index contributed by atoms with van der Waals surface area (Å²) in [5, 5.41) is 10.4. The number of nitrogens with zero attached hydrogens (tertiary/aromatic N) is 2. The second-order valence-corrected chi connectivity index (χ2v) is 6.69. The molecule has 100 valence electrons. The van der Waals surface area contributed by atoms with E-state index >= 15 is 0 Å². The van der Waals surface area contributed by atoms with E-state index in [0.29, 0.717) is 0 Å². The van der Waals surface area contributed by atoms with Gasteiger partial charge in [0.2, 0.25) is 5.91 Å². The Morgan fingerprint density at radius 2 is 2.21 bits per heavy atom. The smallest absolute Gasteiger partial charge is 0.237 e. The largest absolute Gasteiger partial charge is 0.325 e. The topological polar surface area (TPSA) is 54.9 Å². The number of nitrogens with one attached hydrogen (secondary N) is 1. The molecule has 0 spiro atoms. The van der Waals surface area contributed by atoms with Gasteiger partial charge in [-0.2, -0.15) is 0 Å². The summed E-state index contributed by atoms with van der Waals surface area (Å²) in [6.07, 6.45) is 0. The van der Waals surface area contributed by atoms with Crippen molar-refractivity contribution in [3.63, 3.8) is 0 Å². The first kappa shape index (κ1) is 14.0. The van der Waals surface area contributed by atoms with Gasteiger partial charge in [0.1, 0.15) is 5.51 Å². The Kier molecular flexibility index (Phi) is 4.55. The molecule has 1 heterocycles. The molecule has 6 heteroatoms. The van der Waals surface area contributed by atoms with Crippen LogP contribution in [-0.4, -0.2) is 21.4 Å². The average Bonchev–Trinajstić information content (AvgIpc) is 2.86. The number of rotatable bonds is 4. The molecule has 19 heavy (non-hydrogen) atoms. The van der Waals surface area contributed by atoms with E-state index in [0.717, 1.165) is 21.2 Å². The molecule has 1 amide bonds. The molecule has 0 aliphatic heterocycles. The van der Waals surface area contributed by atoms with Crippen LogP contribution < -0.4 is 5.32 Å². The predicted molar refractivity (Wildman–Crippen MR) is 79.8 cm³/mol. The van der Waals surface area contributed by atoms with Crippen LogP contribution in [0.2, 0.25) is 0 Å². The standard InChI is InChI=1S/C13H15N3OS2/c1-8-4-5-9(2)11(6-8)15-12(17)10(3)19-13-16-14-7-18-13/h4-7,10H,1-3H3,(H,15,17)/t10-/m0/s1. The van der Waals surface area contributed by atoms with Gasteiger partial charge in [0.15, 0.2) is 4.34 Å². The van der Waals surface area contributed by atoms with Crippen LogP contribution >= 0.6 is 23.1 Å². The van der Waals surface area contributed by atoms with Gasteiger partial charge in [-0.3, -0.25) is 4.79 Å². The van der Waals surface area contributed by atoms with Crippen LogP contribution in [0.4, 0.5) is 5.69 Å². The fourth-order valence-corrected chi connectivity index (χ4v) is 3.15. The highest BCUT2D eigenvalue weighted by Crippen LogP contribution is 2.25. The molecule has 2 rings (SSSR count). The van der Waals surface area contributed by atoms with E-state index in [4.69, 9.17) is 0 Å². The highest BCUT2D eigenvalue weighted by Gasteiger charge is 2.16. The van der Waals surface area contributed by atoms with E-state index in [9.17, 15) is 4.79 Å². The SMILES string of the molecule is Cc1ccc(C)c(NC(=O)[C@H](C)Sc2nncs2)c1. The number of carbonyl (C=O) groups is 1. The molecule has 1 aromatic heterocycles. The zero-order valence-corrected chi connectivity index (χ0v) is 12.6. The minimum Gasteiger partial charge on any atom is -0.325 e. The Labute approximate surface area is 120 Å². The second kappa shape index (κ2) is 6.16. The molecule has 0 saturated heterocycles. The van der Waals surface area contributed by atoms with Gasteiger partial charge < -0.3 is 5.32 Å². The van der Waals surface area contributed by atoms with Crippen LogP contribution in [-0.2, 0) is 4.79 Å². The summed E-state index contributed by atoms with van der Waals surface area (Å²) in [4.78, 5) is 12.1. The summed E-state index contributed by atoms with van der Waals surface area (Å²) in [5.74, 6) is -0.0195. The fourth-order valence-electron chi connectivity index (χ4n) is 1.52. The van der Waals surface area contributed by atoms with Crippen molar-refractivity contribution < 1.29 is 4.79 Å². The van der Waals surface area contributed by atoms with Crippen molar-refractivity contribution in [2.24, 2.45) is 0 Å². The van der Waals surface area contributed by atoms with E-state index in [1.807, 2.05) is 39.0 Å². The maximum Gasteiger partial charge on any atom is 0.237 e. The molecule has 0 unspecified atom stereocenters. The maximum absolute atomic E-state index is 12.1. The van der Waals surface area contributed by atoms with E-state index in [1.54, 1.807) is 5.51 Å². The van der Waals surface area contributed by atoms with Crippen molar-refractivity contribution in [1.82, 2.24) is 10.2 Å². The summed E-state index contributed by atoms with van der Waals surface area (Å²) in [6.45, 7) is 5.86. The van der Waals surface area contributed by atoms with Crippen LogP contribution in [0.15, 0.2) is 28.0 Å². The lowest BCUT2D eigenvalue weighted by Gasteiger charge is -2.12. The van der Waals surface area contributed by atoms with Gasteiger partial charge in [0.05, 0.1) is 5.25 Å². The average molecular weight is 293 g/mol. The number of aromatic nitrogens is 2. The van der Waals surface area contributed by atoms with Crippen LogP contribution in [0.1, 0.15) is 18.1 Å². The van der Waals surface area contributed by atoms with Gasteiger partial charge in [-0.1, -0.05) is 35.2 Å². The van der Waals surface area contributed by atoms with Crippen molar-refractivity contribution in [2.75, 3.05) is 5.32 Å². The molecular formula is C13H15N3OS2. The molecule has 4 nitrogen and oxygen atoms in total. The number of amides is 1. The lowest BCUT2D eigenvalue weighted by Crippen LogP contribution is -2.22. The van der Waals surface area contributed by atoms with Crippen molar-refractivity contribution in [3.05, 3.63) is 34.8 Å². The number of carbonyl (C=O) groups excluding carboxylic acids is 1. The number of hydrogen-bond donors (Lipinski definition) is 1. The minimum absolute atomic E-state index is 0.0195. The van der Waals surface area contributed by atoms with Crippen molar-refractivity contribution in [3.8, 4) is 0 Å². The first-order valence-corrected chi connectivity index (χ1v) is 7.63. The highest BCUT2D eigenvalue weighted by molar-refractivity contribution is 8.02. The van der Waals surface area contributed by atoms with Gasteiger partial charge in [-0.15, -0.1) is 10.2 Å². The molecule has 0 aliphatic rings. The first-order chi connectivity index (χ1) is 9.06. The van der Waals surface area contributed by atoms with Gasteiger partial charge in [-0.05, 0) is 38.0 Å². The third-order valence-electron chi connectivity index (χ3n) is 2.64. The molecule has 1 N–H and O–H groups in total. The van der Waals surface area contributed by atoms with Gasteiger partial charge >= 0.3 is 0 Å². The Hall–Kier alpha value is -1.40. The lowest BCUT2D eigenvalue weighted by atomic mass is 10.1. The molecule has 0 bridgehead atoms. The third-order valence-corrected chi connectivity index (χ3v) is 4.55. The zero-order valence-electron chi connectivity index (χ0n) is 11.0. The van der Waals surface area contributed by atoms with Crippen LogP contribution in [0.3, 0.4) is 0 Å². The number of aryl methyl sites for hydroxylation is 2. The fraction of sp³-hybridized carbons (Fsp3) is 0.308. The number of hydrogen-bond acceptors (Lipinski definition) is 5. The molecule has 0 fully saturated rings. The number of thioether (sulfide) groups is 1. The molecule has 0 saturated carbocycles. The van der Waals surface area contributed by atoms with Crippen LogP contribution in [0, 0.1) is 13.8 Å². The molecular weight excluding hydrogens is 278 g/mol. The second-order valence-electron chi connectivity index (χ2n) is 4.27. The number of anilines is 1. The molecule has 1 aromatic carbocycles. The zero-order chi connectivity index (χ0) is 13.8. The van der Waals surface area contributed by atoms with E-state index in [-0.39, 0.29) is 11.2 Å². The summed E-state index contributed by atoms with van der Waals surface area (Å²) in [6, 6.07) is 6.02. The molecule has 0 radical (unpaired) electrons. The Morgan fingerprint density at radius 1 is 1.42 bits per heavy atom. The minimum atomic E-state index is -0.201. The first-order valence-electron chi connectivity index (χ1n) is 5.87. The molecule has 0 aliphatic carbocycles. The van der Waals surface area contributed by atoms with Gasteiger partial charge in [0, 0.05) is 5.69 Å². The normalized spacial score (nSPS) is 12.2. The summed E-state index contributed by atoms with van der Waals surface area (Å²) < 4.78 is 0.809. The summed E-state index contributed by atoms with van der Waals surface area (Å²) in [5.41, 5.74) is 4.73. The number of benzene rings is 1. The van der Waals surface area contributed by atoms with Crippen molar-refractivity contribution in [2.45, 2.75) is 30.4 Å².